The zero-order chi connectivity index (χ0) is 16.4. The van der Waals surface area contributed by atoms with Crippen LogP contribution in [0.2, 0.25) is 0 Å². The molecule has 9 heteroatoms. The number of hydrogen-bond donors (Lipinski definition) is 2. The Morgan fingerprint density at radius 3 is 3.00 bits per heavy atom. The molecule has 1 atom stereocenters. The number of nitro groups is 1. The molecular weight excluding hydrogens is 334 g/mol. The normalized spacial score (nSPS) is 15.9. The van der Waals surface area contributed by atoms with E-state index in [1.807, 2.05) is 18.2 Å². The van der Waals surface area contributed by atoms with Crippen molar-refractivity contribution >= 4 is 29.7 Å². The first-order valence-corrected chi connectivity index (χ1v) is 7.37. The Labute approximate surface area is 144 Å². The molecule has 0 spiro atoms. The van der Waals surface area contributed by atoms with Gasteiger partial charge in [0, 0.05) is 5.69 Å². The molecule has 0 saturated carbocycles. The number of aryl methyl sites for hydroxylation is 1. The van der Waals surface area contributed by atoms with E-state index < -0.39 is 4.92 Å². The highest BCUT2D eigenvalue weighted by molar-refractivity contribution is 5.85. The lowest BCUT2D eigenvalue weighted by Gasteiger charge is -2.26. The number of halogens is 1. The van der Waals surface area contributed by atoms with Crippen molar-refractivity contribution in [1.82, 2.24) is 15.1 Å². The molecule has 0 bridgehead atoms. The van der Waals surface area contributed by atoms with Gasteiger partial charge in [0.1, 0.15) is 18.9 Å². The first kappa shape index (κ1) is 17.7. The summed E-state index contributed by atoms with van der Waals surface area (Å²) in [6.07, 6.45) is 5.18. The van der Waals surface area contributed by atoms with Gasteiger partial charge in [0.25, 0.3) is 0 Å². The van der Waals surface area contributed by atoms with Crippen LogP contribution < -0.4 is 11.1 Å². The summed E-state index contributed by atoms with van der Waals surface area (Å²) in [5.41, 5.74) is 8.65. The van der Waals surface area contributed by atoms with Gasteiger partial charge in [-0.05, 0) is 42.5 Å². The lowest BCUT2D eigenvalue weighted by Crippen LogP contribution is -2.33. The van der Waals surface area contributed by atoms with Gasteiger partial charge in [0.2, 0.25) is 5.91 Å². The molecule has 1 aliphatic carbocycles. The van der Waals surface area contributed by atoms with Crippen molar-refractivity contribution in [3.05, 3.63) is 51.8 Å². The second kappa shape index (κ2) is 7.31. The molecule has 128 valence electrons. The lowest BCUT2D eigenvalue weighted by atomic mass is 9.87. The summed E-state index contributed by atoms with van der Waals surface area (Å²) < 4.78 is 1.26. The predicted molar refractivity (Wildman–Crippen MR) is 90.8 cm³/mol. The third-order valence-electron chi connectivity index (χ3n) is 3.95. The average Bonchev–Trinajstić information content (AvgIpc) is 2.95. The van der Waals surface area contributed by atoms with Gasteiger partial charge in [-0.2, -0.15) is 5.10 Å². The maximum atomic E-state index is 12.2. The number of carbonyl (C=O) groups is 1. The van der Waals surface area contributed by atoms with Crippen molar-refractivity contribution in [1.29, 1.82) is 0 Å². The van der Waals surface area contributed by atoms with Gasteiger partial charge in [-0.1, -0.05) is 6.07 Å². The van der Waals surface area contributed by atoms with Gasteiger partial charge < -0.3 is 11.1 Å². The van der Waals surface area contributed by atoms with Crippen LogP contribution in [0.5, 0.6) is 0 Å². The van der Waals surface area contributed by atoms with Crippen LogP contribution in [0.25, 0.3) is 0 Å². The smallest absolute Gasteiger partial charge is 0.307 e. The third-order valence-corrected chi connectivity index (χ3v) is 3.95. The summed E-state index contributed by atoms with van der Waals surface area (Å²) in [5, 5.41) is 17.4. The Morgan fingerprint density at radius 2 is 2.29 bits per heavy atom. The van der Waals surface area contributed by atoms with Crippen LogP contribution in [-0.2, 0) is 17.8 Å². The number of fused-ring (bicyclic) bond motifs is 1. The van der Waals surface area contributed by atoms with Crippen molar-refractivity contribution in [3.63, 3.8) is 0 Å². The molecule has 24 heavy (non-hydrogen) atoms. The van der Waals surface area contributed by atoms with Crippen LogP contribution in [0, 0.1) is 10.1 Å². The van der Waals surface area contributed by atoms with Gasteiger partial charge in [0.15, 0.2) is 0 Å². The number of benzene rings is 1. The first-order valence-electron chi connectivity index (χ1n) is 7.37. The van der Waals surface area contributed by atoms with Gasteiger partial charge in [-0.25, -0.2) is 0 Å². The van der Waals surface area contributed by atoms with Gasteiger partial charge >= 0.3 is 5.69 Å². The largest absolute Gasteiger partial charge is 0.399 e. The molecule has 0 fully saturated rings. The number of aromatic nitrogens is 2. The fourth-order valence-corrected chi connectivity index (χ4v) is 2.90. The fraction of sp³-hybridized carbons (Fsp3) is 0.333. The maximum absolute atomic E-state index is 12.2. The van der Waals surface area contributed by atoms with Gasteiger partial charge in [0.05, 0.1) is 11.0 Å². The van der Waals surface area contributed by atoms with Crippen molar-refractivity contribution in [2.45, 2.75) is 31.8 Å². The second-order valence-corrected chi connectivity index (χ2v) is 5.62. The maximum Gasteiger partial charge on any atom is 0.307 e. The number of carbonyl (C=O) groups excluding carboxylic acids is 1. The fourth-order valence-electron chi connectivity index (χ4n) is 2.90. The van der Waals surface area contributed by atoms with Crippen molar-refractivity contribution < 1.29 is 9.72 Å². The SMILES string of the molecule is Cl.Nc1ccc2c(c1)CCCC2NC(=O)Cn1cc([N+](=O)[O-])cn1. The van der Waals surface area contributed by atoms with E-state index in [2.05, 4.69) is 10.4 Å². The van der Waals surface area contributed by atoms with Crippen LogP contribution in [0.1, 0.15) is 30.0 Å². The molecule has 8 nitrogen and oxygen atoms in total. The Balaban J connectivity index is 0.00000208. The molecule has 1 heterocycles. The molecule has 0 aliphatic heterocycles. The highest BCUT2D eigenvalue weighted by Gasteiger charge is 2.22. The second-order valence-electron chi connectivity index (χ2n) is 5.62. The van der Waals surface area contributed by atoms with Gasteiger partial charge in [-0.15, -0.1) is 12.4 Å². The highest BCUT2D eigenvalue weighted by atomic mass is 35.5. The van der Waals surface area contributed by atoms with E-state index in [9.17, 15) is 14.9 Å². The minimum absolute atomic E-state index is 0. The number of nitrogens with two attached hydrogens (primary N) is 1. The van der Waals surface area contributed by atoms with Crippen molar-refractivity contribution in [2.24, 2.45) is 0 Å². The number of hydrogen-bond acceptors (Lipinski definition) is 5. The molecule has 1 amide bonds. The van der Waals surface area contributed by atoms with E-state index in [1.54, 1.807) is 0 Å². The topological polar surface area (TPSA) is 116 Å². The van der Waals surface area contributed by atoms with E-state index >= 15 is 0 Å². The molecule has 0 saturated heterocycles. The number of rotatable bonds is 4. The Bertz CT molecular complexity index is 761. The molecule has 3 rings (SSSR count). The lowest BCUT2D eigenvalue weighted by molar-refractivity contribution is -0.385. The monoisotopic (exact) mass is 351 g/mol. The number of nitrogens with zero attached hydrogens (tertiary/aromatic N) is 3. The number of amides is 1. The number of anilines is 1. The van der Waals surface area contributed by atoms with Crippen LogP contribution in [0.4, 0.5) is 11.4 Å². The van der Waals surface area contributed by atoms with Crippen LogP contribution in [-0.4, -0.2) is 20.6 Å². The molecule has 1 unspecified atom stereocenters. The summed E-state index contributed by atoms with van der Waals surface area (Å²) in [6.45, 7) is -0.0470. The minimum atomic E-state index is -0.539. The van der Waals surface area contributed by atoms with E-state index in [0.29, 0.717) is 0 Å². The molecule has 1 aromatic heterocycles. The third kappa shape index (κ3) is 3.83. The minimum Gasteiger partial charge on any atom is -0.399 e. The van der Waals surface area contributed by atoms with Crippen LogP contribution in [0.15, 0.2) is 30.6 Å². The van der Waals surface area contributed by atoms with Crippen molar-refractivity contribution in [3.8, 4) is 0 Å². The highest BCUT2D eigenvalue weighted by Crippen LogP contribution is 2.30. The summed E-state index contributed by atoms with van der Waals surface area (Å²) in [5.74, 6) is -0.224. The molecule has 3 N–H and O–H groups in total. The number of nitrogen functional groups attached to an aromatic ring is 1. The molecule has 2 aromatic rings. The zero-order valence-electron chi connectivity index (χ0n) is 12.8. The summed E-state index contributed by atoms with van der Waals surface area (Å²) in [4.78, 5) is 22.3. The quantitative estimate of drug-likeness (QED) is 0.496. The predicted octanol–water partition coefficient (Wildman–Crippen LogP) is 1.99. The Kier molecular flexibility index (Phi) is 5.40. The summed E-state index contributed by atoms with van der Waals surface area (Å²) in [7, 11) is 0. The van der Waals surface area contributed by atoms with E-state index in [1.165, 1.54) is 10.9 Å². The van der Waals surface area contributed by atoms with E-state index in [0.717, 1.165) is 42.3 Å². The Morgan fingerprint density at radius 1 is 1.50 bits per heavy atom. The Hall–Kier alpha value is -2.61. The number of nitrogens with one attached hydrogen (secondary N) is 1. The average molecular weight is 352 g/mol. The van der Waals surface area contributed by atoms with E-state index in [-0.39, 0.29) is 36.6 Å². The molecular formula is C15H18ClN5O3. The van der Waals surface area contributed by atoms with E-state index in [4.69, 9.17) is 5.73 Å². The standard InChI is InChI=1S/C15H17N5O3.ClH/c16-11-4-5-13-10(6-11)2-1-3-14(13)18-15(21)9-19-8-12(7-17-19)20(22)23;/h4-8,14H,1-3,9,16H2,(H,18,21);1H. The van der Waals surface area contributed by atoms with Crippen molar-refractivity contribution in [2.75, 3.05) is 5.73 Å². The molecule has 1 aliphatic rings. The van der Waals surface area contributed by atoms with Crippen LogP contribution in [0.3, 0.4) is 0 Å². The first-order chi connectivity index (χ1) is 11.0. The van der Waals surface area contributed by atoms with Gasteiger partial charge in [-0.3, -0.25) is 19.6 Å². The summed E-state index contributed by atoms with van der Waals surface area (Å²) >= 11 is 0. The summed E-state index contributed by atoms with van der Waals surface area (Å²) in [6, 6.07) is 5.68. The molecule has 0 radical (unpaired) electrons. The zero-order valence-corrected chi connectivity index (χ0v) is 13.7. The molecule has 1 aromatic carbocycles. The van der Waals surface area contributed by atoms with Crippen LogP contribution >= 0.6 is 12.4 Å².